The molecule has 0 aliphatic heterocycles. The number of carbonyl (C=O) groups excluding carboxylic acids is 4. The largest absolute Gasteiger partial charge is 0.472 e. The molecule has 0 aliphatic rings. The topological polar surface area (TPSA) is 237 Å². The second kappa shape index (κ2) is 66.6. The Hall–Kier alpha value is -1.94. The van der Waals surface area contributed by atoms with E-state index in [0.29, 0.717) is 31.6 Å². The van der Waals surface area contributed by atoms with Crippen molar-refractivity contribution in [1.82, 2.24) is 0 Å². The lowest BCUT2D eigenvalue weighted by Crippen LogP contribution is -2.30. The molecule has 0 aromatic heterocycles. The van der Waals surface area contributed by atoms with Crippen molar-refractivity contribution in [1.29, 1.82) is 0 Å². The average molecular weight is 1400 g/mol. The lowest BCUT2D eigenvalue weighted by atomic mass is 10.0. The summed E-state index contributed by atoms with van der Waals surface area (Å²) in [5.41, 5.74) is 0. The average Bonchev–Trinajstić information content (AvgIpc) is 1.25. The van der Waals surface area contributed by atoms with Crippen molar-refractivity contribution in [2.45, 2.75) is 407 Å². The van der Waals surface area contributed by atoms with E-state index in [1.54, 1.807) is 0 Å². The number of unbranched alkanes of at least 4 members (excludes halogenated alkanes) is 42. The molecule has 0 radical (unpaired) electrons. The minimum absolute atomic E-state index is 0.104. The minimum atomic E-state index is -4.96. The first-order valence-electron chi connectivity index (χ1n) is 39.3. The summed E-state index contributed by atoms with van der Waals surface area (Å²) >= 11 is 0. The Labute approximate surface area is 581 Å². The van der Waals surface area contributed by atoms with Crippen LogP contribution in [0.15, 0.2) is 0 Å². The molecule has 0 fully saturated rings. The maximum absolute atomic E-state index is 13.1. The van der Waals surface area contributed by atoms with E-state index in [0.717, 1.165) is 108 Å². The van der Waals surface area contributed by atoms with Crippen LogP contribution in [0.25, 0.3) is 0 Å². The number of hydrogen-bond acceptors (Lipinski definition) is 15. The third-order valence-corrected chi connectivity index (χ3v) is 19.5. The van der Waals surface area contributed by atoms with Gasteiger partial charge in [-0.1, -0.05) is 337 Å². The molecule has 0 amide bonds. The number of carbonyl (C=O) groups is 4. The van der Waals surface area contributed by atoms with Gasteiger partial charge in [-0.15, -0.1) is 0 Å². The first-order valence-corrected chi connectivity index (χ1v) is 42.3. The molecule has 0 spiro atoms. The normalized spacial score (nSPS) is 14.1. The van der Waals surface area contributed by atoms with Crippen molar-refractivity contribution in [3.05, 3.63) is 0 Å². The molecule has 17 nitrogen and oxygen atoms in total. The summed E-state index contributed by atoms with van der Waals surface area (Å²) in [6.45, 7) is 11.8. The van der Waals surface area contributed by atoms with Gasteiger partial charge in [0.2, 0.25) is 0 Å². The first-order chi connectivity index (χ1) is 45.7. The summed E-state index contributed by atoms with van der Waals surface area (Å²) in [5, 5.41) is 10.6. The summed E-state index contributed by atoms with van der Waals surface area (Å²) in [4.78, 5) is 72.7. The molecule has 2 unspecified atom stereocenters. The zero-order valence-corrected chi connectivity index (χ0v) is 63.9. The SMILES string of the molecule is CCCCCCCCCCCCCCCCCCCCCCCC(=O)O[C@H](COC(=O)CCCCCCCCCCCCC(C)C)COP(=O)(O)OC[C@@H](O)COP(=O)(O)OC[C@@H](COC(=O)CCCCCCCCCC(C)C)OC(=O)CCCCCCCCCCC(C)C. The molecule has 0 aromatic carbocycles. The lowest BCUT2D eigenvalue weighted by Gasteiger charge is -2.21. The van der Waals surface area contributed by atoms with Crippen molar-refractivity contribution < 1.29 is 80.2 Å². The highest BCUT2D eigenvalue weighted by Crippen LogP contribution is 2.45. The van der Waals surface area contributed by atoms with E-state index < -0.39 is 97.5 Å². The Kier molecular flexibility index (Phi) is 65.2. The van der Waals surface area contributed by atoms with Gasteiger partial charge in [0.05, 0.1) is 26.4 Å². The van der Waals surface area contributed by atoms with E-state index >= 15 is 0 Å². The molecule has 564 valence electrons. The van der Waals surface area contributed by atoms with Crippen molar-refractivity contribution >= 4 is 39.5 Å². The van der Waals surface area contributed by atoms with Gasteiger partial charge in [-0.05, 0) is 43.4 Å². The van der Waals surface area contributed by atoms with Crippen LogP contribution < -0.4 is 0 Å². The summed E-state index contributed by atoms with van der Waals surface area (Å²) in [6, 6.07) is 0. The van der Waals surface area contributed by atoms with E-state index in [9.17, 15) is 43.2 Å². The number of rotatable bonds is 74. The van der Waals surface area contributed by atoms with Crippen molar-refractivity contribution in [2.24, 2.45) is 17.8 Å². The smallest absolute Gasteiger partial charge is 0.462 e. The van der Waals surface area contributed by atoms with Crippen molar-refractivity contribution in [3.63, 3.8) is 0 Å². The van der Waals surface area contributed by atoms with Gasteiger partial charge in [-0.2, -0.15) is 0 Å². The van der Waals surface area contributed by atoms with Crippen molar-refractivity contribution in [2.75, 3.05) is 39.6 Å². The molecule has 0 aliphatic carbocycles. The fraction of sp³-hybridized carbons (Fsp3) is 0.947. The van der Waals surface area contributed by atoms with E-state index in [1.165, 1.54) is 193 Å². The highest BCUT2D eigenvalue weighted by molar-refractivity contribution is 7.47. The molecule has 3 N–H and O–H groups in total. The second-order valence-corrected chi connectivity index (χ2v) is 31.7. The number of aliphatic hydroxyl groups is 1. The molecular weight excluding hydrogens is 1250 g/mol. The van der Waals surface area contributed by atoms with Crippen LogP contribution in [0.4, 0.5) is 0 Å². The fourth-order valence-corrected chi connectivity index (χ4v) is 13.2. The third kappa shape index (κ3) is 70.3. The van der Waals surface area contributed by atoms with Crippen molar-refractivity contribution in [3.8, 4) is 0 Å². The predicted octanol–water partition coefficient (Wildman–Crippen LogP) is 22.2. The van der Waals surface area contributed by atoms with E-state index in [2.05, 4.69) is 48.5 Å². The molecule has 95 heavy (non-hydrogen) atoms. The summed E-state index contributed by atoms with van der Waals surface area (Å²) < 4.78 is 68.5. The van der Waals surface area contributed by atoms with E-state index in [1.807, 2.05) is 0 Å². The molecule has 0 heterocycles. The maximum Gasteiger partial charge on any atom is 0.472 e. The summed E-state index contributed by atoms with van der Waals surface area (Å²) in [6.07, 6.45) is 53.0. The van der Waals surface area contributed by atoms with Crippen LogP contribution in [0.2, 0.25) is 0 Å². The van der Waals surface area contributed by atoms with Crippen LogP contribution in [-0.4, -0.2) is 96.7 Å². The monoisotopic (exact) mass is 1400 g/mol. The van der Waals surface area contributed by atoms with Crippen LogP contribution in [-0.2, 0) is 65.4 Å². The standard InChI is InChI=1S/C76H148O17P2/c1-8-9-10-11-12-13-14-15-16-17-18-19-20-21-22-23-24-29-37-45-52-59-75(80)92-71(63-86-73(78)57-50-43-36-28-26-25-27-33-40-47-54-67(2)3)65-90-94(82,83)88-61-70(77)62-89-95(84,85)91-66-72(64-87-74(79)58-51-44-39-32-35-42-49-56-69(6)7)93-76(81)60-53-46-38-31-30-34-41-48-55-68(4)5/h67-72,77H,8-66H2,1-7H3,(H,82,83)(H,84,85)/t70-,71-,72-/m1/s1. The zero-order valence-electron chi connectivity index (χ0n) is 62.1. The molecule has 0 bridgehead atoms. The number of phosphoric acid groups is 2. The van der Waals surface area contributed by atoms with Gasteiger partial charge in [-0.25, -0.2) is 9.13 Å². The molecule has 0 rings (SSSR count). The third-order valence-electron chi connectivity index (χ3n) is 17.6. The maximum atomic E-state index is 13.1. The van der Waals surface area contributed by atoms with Crippen LogP contribution >= 0.6 is 15.6 Å². The van der Waals surface area contributed by atoms with Gasteiger partial charge >= 0.3 is 39.5 Å². The quantitative estimate of drug-likeness (QED) is 0.0222. The highest BCUT2D eigenvalue weighted by atomic mass is 31.2. The zero-order chi connectivity index (χ0) is 70.1. The number of hydrogen-bond donors (Lipinski definition) is 3. The predicted molar refractivity (Wildman–Crippen MR) is 386 cm³/mol. The van der Waals surface area contributed by atoms with Gasteiger partial charge in [0, 0.05) is 25.7 Å². The lowest BCUT2D eigenvalue weighted by molar-refractivity contribution is -0.161. The number of phosphoric ester groups is 2. The Morgan fingerprint density at radius 2 is 0.484 bits per heavy atom. The Morgan fingerprint density at radius 1 is 0.284 bits per heavy atom. The van der Waals surface area contributed by atoms with Gasteiger partial charge in [0.1, 0.15) is 19.3 Å². The summed E-state index contributed by atoms with van der Waals surface area (Å²) in [5.74, 6) is 0.0592. The Morgan fingerprint density at radius 3 is 0.716 bits per heavy atom. The van der Waals surface area contributed by atoms with Crippen LogP contribution in [0.5, 0.6) is 0 Å². The molecule has 5 atom stereocenters. The van der Waals surface area contributed by atoms with Gasteiger partial charge in [-0.3, -0.25) is 37.3 Å². The number of ether oxygens (including phenoxy) is 4. The van der Waals surface area contributed by atoms with Crippen LogP contribution in [0.3, 0.4) is 0 Å². The fourth-order valence-electron chi connectivity index (χ4n) is 11.6. The second-order valence-electron chi connectivity index (χ2n) is 28.8. The summed E-state index contributed by atoms with van der Waals surface area (Å²) in [7, 11) is -9.91. The van der Waals surface area contributed by atoms with Gasteiger partial charge < -0.3 is 33.8 Å². The van der Waals surface area contributed by atoms with Crippen LogP contribution in [0, 0.1) is 17.8 Å². The van der Waals surface area contributed by atoms with Crippen LogP contribution in [0.1, 0.15) is 389 Å². The molecule has 0 saturated heterocycles. The highest BCUT2D eigenvalue weighted by Gasteiger charge is 2.30. The van der Waals surface area contributed by atoms with Gasteiger partial charge in [0.15, 0.2) is 12.2 Å². The Bertz CT molecular complexity index is 1850. The number of esters is 4. The first kappa shape index (κ1) is 93.1. The Balaban J connectivity index is 5.20. The number of aliphatic hydroxyl groups excluding tert-OH is 1. The van der Waals surface area contributed by atoms with Gasteiger partial charge in [0.25, 0.3) is 0 Å². The van der Waals surface area contributed by atoms with E-state index in [-0.39, 0.29) is 25.7 Å². The molecule has 0 aromatic rings. The molecule has 0 saturated carbocycles. The van der Waals surface area contributed by atoms with E-state index in [4.69, 9.17) is 37.0 Å². The minimum Gasteiger partial charge on any atom is -0.462 e. The molecular formula is C76H148O17P2. The molecule has 19 heteroatoms.